The number of carbonyl (C=O) groups excluding carboxylic acids is 2. The highest BCUT2D eigenvalue weighted by Crippen LogP contribution is 2.28. The van der Waals surface area contributed by atoms with E-state index in [2.05, 4.69) is 20.3 Å². The monoisotopic (exact) mass is 416 g/mol. The van der Waals surface area contributed by atoms with Gasteiger partial charge in [0.15, 0.2) is 5.13 Å². The number of nitrogens with zero attached hydrogens (tertiary/aromatic N) is 3. The number of fused-ring (bicyclic) bond motifs is 1. The first-order valence-electron chi connectivity index (χ1n) is 8.64. The second-order valence-corrected chi connectivity index (χ2v) is 8.28. The first-order chi connectivity index (χ1) is 13.4. The number of ether oxygens (including phenoxy) is 1. The lowest BCUT2D eigenvalue weighted by Gasteiger charge is -2.10. The molecule has 1 N–H and O–H groups in total. The number of aromatic nitrogens is 3. The first kappa shape index (κ1) is 20.2. The third-order valence-corrected chi connectivity index (χ3v) is 5.90. The molecule has 0 saturated carbocycles. The zero-order valence-corrected chi connectivity index (χ0v) is 17.6. The predicted octanol–water partition coefficient (Wildman–Crippen LogP) is 4.04. The molecule has 146 valence electrons. The van der Waals surface area contributed by atoms with E-state index in [9.17, 15) is 9.59 Å². The van der Waals surface area contributed by atoms with E-state index >= 15 is 0 Å². The summed E-state index contributed by atoms with van der Waals surface area (Å²) in [6, 6.07) is 7.76. The van der Waals surface area contributed by atoms with Crippen molar-refractivity contribution < 1.29 is 14.3 Å². The van der Waals surface area contributed by atoms with Crippen LogP contribution in [0, 0.1) is 6.92 Å². The van der Waals surface area contributed by atoms with Crippen LogP contribution in [0.1, 0.15) is 41.0 Å². The van der Waals surface area contributed by atoms with Crippen molar-refractivity contribution in [3.8, 4) is 0 Å². The minimum atomic E-state index is -0.460. The van der Waals surface area contributed by atoms with E-state index in [-0.39, 0.29) is 17.6 Å². The van der Waals surface area contributed by atoms with Crippen LogP contribution >= 0.6 is 23.1 Å². The van der Waals surface area contributed by atoms with Gasteiger partial charge in [0.05, 0.1) is 24.1 Å². The number of benzene rings is 1. The van der Waals surface area contributed by atoms with Gasteiger partial charge in [0.1, 0.15) is 15.7 Å². The van der Waals surface area contributed by atoms with Crippen molar-refractivity contribution in [3.63, 3.8) is 0 Å². The van der Waals surface area contributed by atoms with E-state index in [1.54, 1.807) is 6.92 Å². The Balaban J connectivity index is 1.74. The molecular formula is C19H20N4O3S2. The summed E-state index contributed by atoms with van der Waals surface area (Å²) in [6.45, 7) is 5.78. The number of amides is 1. The molecule has 2 aromatic heterocycles. The fourth-order valence-corrected chi connectivity index (χ4v) is 4.18. The highest BCUT2D eigenvalue weighted by molar-refractivity contribution is 8.00. The van der Waals surface area contributed by atoms with Crippen molar-refractivity contribution in [3.05, 3.63) is 40.7 Å². The van der Waals surface area contributed by atoms with Crippen LogP contribution in [0.4, 0.5) is 5.13 Å². The lowest BCUT2D eigenvalue weighted by molar-refractivity contribution is -0.113. The number of hydrogen-bond donors (Lipinski definition) is 1. The van der Waals surface area contributed by atoms with Crippen LogP contribution in [0.5, 0.6) is 0 Å². The van der Waals surface area contributed by atoms with Gasteiger partial charge in [-0.25, -0.2) is 19.7 Å². The van der Waals surface area contributed by atoms with E-state index < -0.39 is 5.97 Å². The number of para-hydroxylation sites is 1. The van der Waals surface area contributed by atoms with Gasteiger partial charge >= 0.3 is 5.97 Å². The van der Waals surface area contributed by atoms with E-state index in [0.717, 1.165) is 33.1 Å². The van der Waals surface area contributed by atoms with Crippen molar-refractivity contribution in [1.29, 1.82) is 0 Å². The summed E-state index contributed by atoms with van der Waals surface area (Å²) in [5, 5.41) is 4.80. The van der Waals surface area contributed by atoms with Crippen LogP contribution in [-0.2, 0) is 9.53 Å². The maximum atomic E-state index is 12.4. The van der Waals surface area contributed by atoms with Crippen LogP contribution in [0.25, 0.3) is 10.9 Å². The summed E-state index contributed by atoms with van der Waals surface area (Å²) < 4.78 is 4.71. The average Bonchev–Trinajstić information content (AvgIpc) is 3.05. The van der Waals surface area contributed by atoms with E-state index in [1.807, 2.05) is 38.1 Å². The van der Waals surface area contributed by atoms with Gasteiger partial charge in [0.2, 0.25) is 5.91 Å². The smallest absolute Gasteiger partial charge is 0.350 e. The molecule has 2 heterocycles. The molecule has 0 aliphatic heterocycles. The molecule has 0 bridgehead atoms. The summed E-state index contributed by atoms with van der Waals surface area (Å²) in [5.41, 5.74) is 1.39. The SMILES string of the molecule is COC(=O)c1sc(NC(=O)CSc2nc(C(C)C)nc3ccccc23)nc1C. The maximum absolute atomic E-state index is 12.4. The number of esters is 1. The standard InChI is InChI=1S/C19H20N4O3S2/c1-10(2)16-21-13-8-6-5-7-12(13)17(23-16)27-9-14(24)22-19-20-11(3)15(28-19)18(25)26-4/h5-8,10H,9H2,1-4H3,(H,20,22,24). The zero-order chi connectivity index (χ0) is 20.3. The molecule has 28 heavy (non-hydrogen) atoms. The minimum absolute atomic E-state index is 0.171. The van der Waals surface area contributed by atoms with Crippen molar-refractivity contribution in [2.75, 3.05) is 18.2 Å². The summed E-state index contributed by atoms with van der Waals surface area (Å²) in [7, 11) is 1.31. The fraction of sp³-hybridized carbons (Fsp3) is 0.316. The Morgan fingerprint density at radius 2 is 1.96 bits per heavy atom. The highest BCUT2D eigenvalue weighted by Gasteiger charge is 2.17. The zero-order valence-electron chi connectivity index (χ0n) is 16.0. The van der Waals surface area contributed by atoms with Crippen molar-refractivity contribution in [1.82, 2.24) is 15.0 Å². The molecule has 0 unspecified atom stereocenters. The summed E-state index contributed by atoms with van der Waals surface area (Å²) >= 11 is 2.45. The van der Waals surface area contributed by atoms with Gasteiger partial charge < -0.3 is 10.1 Å². The van der Waals surface area contributed by atoms with Gasteiger partial charge in [-0.1, -0.05) is 55.1 Å². The lowest BCUT2D eigenvalue weighted by Crippen LogP contribution is -2.14. The fourth-order valence-electron chi connectivity index (χ4n) is 2.45. The van der Waals surface area contributed by atoms with Gasteiger partial charge in [-0.05, 0) is 13.0 Å². The van der Waals surface area contributed by atoms with Crippen molar-refractivity contribution in [2.24, 2.45) is 0 Å². The summed E-state index contributed by atoms with van der Waals surface area (Å²) in [5.74, 6) is 0.431. The number of thioether (sulfide) groups is 1. The van der Waals surface area contributed by atoms with E-state index in [4.69, 9.17) is 4.74 Å². The largest absolute Gasteiger partial charge is 0.465 e. The first-order valence-corrected chi connectivity index (χ1v) is 10.4. The molecule has 0 saturated heterocycles. The highest BCUT2D eigenvalue weighted by atomic mass is 32.2. The van der Waals surface area contributed by atoms with E-state index in [1.165, 1.54) is 18.9 Å². The lowest BCUT2D eigenvalue weighted by atomic mass is 10.2. The molecule has 3 rings (SSSR count). The number of hydrogen-bond acceptors (Lipinski definition) is 8. The predicted molar refractivity (Wildman–Crippen MR) is 111 cm³/mol. The quantitative estimate of drug-likeness (QED) is 0.368. The molecule has 0 spiro atoms. The van der Waals surface area contributed by atoms with Crippen LogP contribution in [0.2, 0.25) is 0 Å². The Morgan fingerprint density at radius 1 is 1.21 bits per heavy atom. The second-order valence-electron chi connectivity index (χ2n) is 6.32. The van der Waals surface area contributed by atoms with Crippen LogP contribution in [0.3, 0.4) is 0 Å². The minimum Gasteiger partial charge on any atom is -0.465 e. The normalized spacial score (nSPS) is 11.0. The Bertz CT molecular complexity index is 1030. The molecule has 0 aliphatic rings. The Morgan fingerprint density at radius 3 is 2.68 bits per heavy atom. The topological polar surface area (TPSA) is 94.1 Å². The molecular weight excluding hydrogens is 396 g/mol. The van der Waals surface area contributed by atoms with Crippen LogP contribution in [-0.4, -0.2) is 39.7 Å². The van der Waals surface area contributed by atoms with Gasteiger partial charge in [0, 0.05) is 11.3 Å². The molecule has 0 atom stereocenters. The van der Waals surface area contributed by atoms with Crippen LogP contribution in [0.15, 0.2) is 29.3 Å². The molecule has 9 heteroatoms. The molecule has 7 nitrogen and oxygen atoms in total. The van der Waals surface area contributed by atoms with Gasteiger partial charge in [-0.15, -0.1) is 0 Å². The Kier molecular flexibility index (Phi) is 6.25. The number of carbonyl (C=O) groups is 2. The van der Waals surface area contributed by atoms with Gasteiger partial charge in [-0.3, -0.25) is 4.79 Å². The number of nitrogens with one attached hydrogen (secondary N) is 1. The number of methoxy groups -OCH3 is 1. The molecule has 0 radical (unpaired) electrons. The maximum Gasteiger partial charge on any atom is 0.350 e. The van der Waals surface area contributed by atoms with Crippen molar-refractivity contribution >= 4 is 51.0 Å². The number of anilines is 1. The molecule has 0 fully saturated rings. The molecule has 1 amide bonds. The van der Waals surface area contributed by atoms with Crippen LogP contribution < -0.4 is 5.32 Å². The third kappa shape index (κ3) is 4.48. The number of thiazole rings is 1. The molecule has 1 aromatic carbocycles. The number of aryl methyl sites for hydroxylation is 1. The Labute approximate surface area is 170 Å². The summed E-state index contributed by atoms with van der Waals surface area (Å²) in [4.78, 5) is 37.9. The summed E-state index contributed by atoms with van der Waals surface area (Å²) in [6.07, 6.45) is 0. The molecule has 3 aromatic rings. The van der Waals surface area contributed by atoms with Gasteiger partial charge in [0.25, 0.3) is 0 Å². The second kappa shape index (κ2) is 8.66. The third-order valence-electron chi connectivity index (χ3n) is 3.86. The van der Waals surface area contributed by atoms with Crippen molar-refractivity contribution in [2.45, 2.75) is 31.7 Å². The molecule has 0 aliphatic carbocycles. The average molecular weight is 417 g/mol. The van der Waals surface area contributed by atoms with E-state index in [0.29, 0.717) is 15.7 Å². The Hall–Kier alpha value is -2.52. The van der Waals surface area contributed by atoms with Gasteiger partial charge in [-0.2, -0.15) is 0 Å². The number of rotatable bonds is 6.